The smallest absolute Gasteiger partial charge is 0.181 e. The number of aromatic amines is 1. The maximum Gasteiger partial charge on any atom is 0.181 e. The third-order valence-electron chi connectivity index (χ3n) is 2.83. The Morgan fingerprint density at radius 2 is 2.43 bits per heavy atom. The van der Waals surface area contributed by atoms with E-state index < -0.39 is 0 Å². The Bertz CT molecular complexity index is 442. The first-order valence-electron chi connectivity index (χ1n) is 4.95. The average Bonchev–Trinajstić information content (AvgIpc) is 2.85. The predicted octanol–water partition coefficient (Wildman–Crippen LogP) is 1.03. The molecule has 1 saturated heterocycles. The number of hydrogen-bond donors (Lipinski definition) is 2. The SMILES string of the molecule is c1cnc2n[nH]c(C3CCNC3)c2c1. The van der Waals surface area contributed by atoms with E-state index in [1.807, 2.05) is 6.07 Å². The zero-order chi connectivity index (χ0) is 9.38. The number of hydrogen-bond acceptors (Lipinski definition) is 3. The maximum absolute atomic E-state index is 4.21. The number of aromatic nitrogens is 3. The van der Waals surface area contributed by atoms with Crippen LogP contribution in [-0.2, 0) is 0 Å². The van der Waals surface area contributed by atoms with Crippen LogP contribution in [0.15, 0.2) is 18.3 Å². The van der Waals surface area contributed by atoms with E-state index in [0.717, 1.165) is 18.7 Å². The topological polar surface area (TPSA) is 53.6 Å². The second kappa shape index (κ2) is 3.06. The van der Waals surface area contributed by atoms with E-state index in [1.54, 1.807) is 6.20 Å². The first kappa shape index (κ1) is 7.94. The molecule has 2 aromatic heterocycles. The summed E-state index contributed by atoms with van der Waals surface area (Å²) in [6.45, 7) is 2.15. The predicted molar refractivity (Wildman–Crippen MR) is 54.1 cm³/mol. The van der Waals surface area contributed by atoms with Crippen LogP contribution in [0.3, 0.4) is 0 Å². The molecule has 4 heteroatoms. The Morgan fingerprint density at radius 3 is 3.29 bits per heavy atom. The minimum atomic E-state index is 0.573. The van der Waals surface area contributed by atoms with E-state index in [1.165, 1.54) is 17.5 Å². The van der Waals surface area contributed by atoms with Crippen LogP contribution in [0.25, 0.3) is 11.0 Å². The second-order valence-corrected chi connectivity index (χ2v) is 3.70. The summed E-state index contributed by atoms with van der Waals surface area (Å²) < 4.78 is 0. The molecule has 0 spiro atoms. The lowest BCUT2D eigenvalue weighted by Crippen LogP contribution is -2.08. The van der Waals surface area contributed by atoms with Gasteiger partial charge in [-0.25, -0.2) is 4.98 Å². The molecule has 0 bridgehead atoms. The highest BCUT2D eigenvalue weighted by Gasteiger charge is 2.20. The lowest BCUT2D eigenvalue weighted by atomic mass is 10.0. The van der Waals surface area contributed by atoms with Crippen LogP contribution >= 0.6 is 0 Å². The van der Waals surface area contributed by atoms with Crippen molar-refractivity contribution in [1.82, 2.24) is 20.5 Å². The van der Waals surface area contributed by atoms with Crippen LogP contribution in [0.2, 0.25) is 0 Å². The Kier molecular flexibility index (Phi) is 1.73. The van der Waals surface area contributed by atoms with Crippen LogP contribution in [-0.4, -0.2) is 28.3 Å². The summed E-state index contributed by atoms with van der Waals surface area (Å²) in [5, 5.41) is 11.8. The van der Waals surface area contributed by atoms with Gasteiger partial charge in [-0.15, -0.1) is 0 Å². The minimum Gasteiger partial charge on any atom is -0.316 e. The van der Waals surface area contributed by atoms with Gasteiger partial charge >= 0.3 is 0 Å². The molecule has 0 aliphatic carbocycles. The van der Waals surface area contributed by atoms with E-state index in [9.17, 15) is 0 Å². The first-order valence-corrected chi connectivity index (χ1v) is 4.95. The van der Waals surface area contributed by atoms with Gasteiger partial charge in [-0.2, -0.15) is 5.10 Å². The van der Waals surface area contributed by atoms with Crippen molar-refractivity contribution in [2.24, 2.45) is 0 Å². The van der Waals surface area contributed by atoms with E-state index in [4.69, 9.17) is 0 Å². The highest BCUT2D eigenvalue weighted by molar-refractivity contribution is 5.77. The van der Waals surface area contributed by atoms with Crippen molar-refractivity contribution in [2.75, 3.05) is 13.1 Å². The molecule has 0 saturated carbocycles. The van der Waals surface area contributed by atoms with E-state index in [-0.39, 0.29) is 0 Å². The molecule has 1 atom stereocenters. The quantitative estimate of drug-likeness (QED) is 0.703. The van der Waals surface area contributed by atoms with Gasteiger partial charge in [0, 0.05) is 29.7 Å². The van der Waals surface area contributed by atoms with Gasteiger partial charge in [0.15, 0.2) is 5.65 Å². The number of H-pyrrole nitrogens is 1. The highest BCUT2D eigenvalue weighted by atomic mass is 15.2. The summed E-state index contributed by atoms with van der Waals surface area (Å²) in [7, 11) is 0. The molecule has 1 fully saturated rings. The van der Waals surface area contributed by atoms with E-state index in [2.05, 4.69) is 26.6 Å². The maximum atomic E-state index is 4.21. The van der Waals surface area contributed by atoms with E-state index >= 15 is 0 Å². The van der Waals surface area contributed by atoms with Crippen LogP contribution in [0.1, 0.15) is 18.0 Å². The molecule has 2 N–H and O–H groups in total. The summed E-state index contributed by atoms with van der Waals surface area (Å²) in [5.74, 6) is 0.573. The third kappa shape index (κ3) is 1.11. The molecule has 1 aliphatic rings. The van der Waals surface area contributed by atoms with Gasteiger partial charge in [0.05, 0.1) is 0 Å². The fourth-order valence-corrected chi connectivity index (χ4v) is 2.08. The normalized spacial score (nSPS) is 21.9. The number of nitrogens with one attached hydrogen (secondary N) is 2. The van der Waals surface area contributed by atoms with Gasteiger partial charge in [-0.3, -0.25) is 5.10 Å². The van der Waals surface area contributed by atoms with Crippen LogP contribution in [0.4, 0.5) is 0 Å². The Labute approximate surface area is 81.7 Å². The molecule has 1 aliphatic heterocycles. The molecule has 3 heterocycles. The van der Waals surface area contributed by atoms with Crippen molar-refractivity contribution in [3.63, 3.8) is 0 Å². The number of fused-ring (bicyclic) bond motifs is 1. The average molecular weight is 188 g/mol. The Balaban J connectivity index is 2.11. The number of nitrogens with zero attached hydrogens (tertiary/aromatic N) is 2. The minimum absolute atomic E-state index is 0.573. The third-order valence-corrected chi connectivity index (χ3v) is 2.83. The summed E-state index contributed by atoms with van der Waals surface area (Å²) >= 11 is 0. The van der Waals surface area contributed by atoms with Crippen molar-refractivity contribution in [3.8, 4) is 0 Å². The fraction of sp³-hybridized carbons (Fsp3) is 0.400. The number of pyridine rings is 1. The number of rotatable bonds is 1. The molecular weight excluding hydrogens is 176 g/mol. The van der Waals surface area contributed by atoms with E-state index in [0.29, 0.717) is 5.92 Å². The standard InChI is InChI=1S/C10H12N4/c1-2-8-9(7-3-5-11-6-7)13-14-10(8)12-4-1/h1-2,4,7,11H,3,5-6H2,(H,12,13,14). The van der Waals surface area contributed by atoms with Crippen LogP contribution in [0.5, 0.6) is 0 Å². The molecule has 0 amide bonds. The second-order valence-electron chi connectivity index (χ2n) is 3.70. The lowest BCUT2D eigenvalue weighted by molar-refractivity contribution is 0.734. The zero-order valence-corrected chi connectivity index (χ0v) is 7.83. The summed E-state index contributed by atoms with van der Waals surface area (Å²) in [6, 6.07) is 4.04. The molecule has 2 aromatic rings. The molecule has 1 unspecified atom stereocenters. The van der Waals surface area contributed by atoms with Crippen LogP contribution < -0.4 is 5.32 Å². The highest BCUT2D eigenvalue weighted by Crippen LogP contribution is 2.26. The summed E-state index contributed by atoms with van der Waals surface area (Å²) in [5.41, 5.74) is 2.06. The summed E-state index contributed by atoms with van der Waals surface area (Å²) in [4.78, 5) is 4.21. The van der Waals surface area contributed by atoms with Crippen molar-refractivity contribution >= 4 is 11.0 Å². The molecule has 14 heavy (non-hydrogen) atoms. The van der Waals surface area contributed by atoms with Crippen molar-refractivity contribution < 1.29 is 0 Å². The lowest BCUT2D eigenvalue weighted by Gasteiger charge is -2.04. The first-order chi connectivity index (χ1) is 6.95. The molecule has 3 rings (SSSR count). The molecular formula is C10H12N4. The summed E-state index contributed by atoms with van der Waals surface area (Å²) in [6.07, 6.45) is 2.96. The zero-order valence-electron chi connectivity index (χ0n) is 7.83. The van der Waals surface area contributed by atoms with Gasteiger partial charge in [0.25, 0.3) is 0 Å². The monoisotopic (exact) mass is 188 g/mol. The van der Waals surface area contributed by atoms with Crippen molar-refractivity contribution in [2.45, 2.75) is 12.3 Å². The molecule has 0 aromatic carbocycles. The fourth-order valence-electron chi connectivity index (χ4n) is 2.08. The Morgan fingerprint density at radius 1 is 1.43 bits per heavy atom. The van der Waals surface area contributed by atoms with Gasteiger partial charge in [-0.05, 0) is 25.1 Å². The van der Waals surface area contributed by atoms with Crippen molar-refractivity contribution in [1.29, 1.82) is 0 Å². The van der Waals surface area contributed by atoms with Gasteiger partial charge < -0.3 is 5.32 Å². The van der Waals surface area contributed by atoms with Gasteiger partial charge in [0.1, 0.15) is 0 Å². The molecule has 0 radical (unpaired) electrons. The van der Waals surface area contributed by atoms with Gasteiger partial charge in [0.2, 0.25) is 0 Å². The van der Waals surface area contributed by atoms with Crippen molar-refractivity contribution in [3.05, 3.63) is 24.0 Å². The molecule has 4 nitrogen and oxygen atoms in total. The molecule has 72 valence electrons. The van der Waals surface area contributed by atoms with Crippen LogP contribution in [0, 0.1) is 0 Å². The van der Waals surface area contributed by atoms with Gasteiger partial charge in [-0.1, -0.05) is 0 Å². The largest absolute Gasteiger partial charge is 0.316 e. The Hall–Kier alpha value is -1.42.